The molecule has 0 unspecified atom stereocenters. The molecule has 0 aliphatic heterocycles. The molecule has 0 heterocycles. The van der Waals surface area contributed by atoms with Crippen molar-refractivity contribution in [2.45, 2.75) is 30.1 Å². The van der Waals surface area contributed by atoms with Crippen molar-refractivity contribution in [1.82, 2.24) is 0 Å². The topological polar surface area (TPSA) is 182 Å². The largest absolute Gasteiger partial charge is 0.393 e. The van der Waals surface area contributed by atoms with Crippen LogP contribution < -0.4 is 0 Å². The van der Waals surface area contributed by atoms with E-state index in [9.17, 15) is 46.0 Å². The first-order valence-electron chi connectivity index (χ1n) is 6.50. The van der Waals surface area contributed by atoms with Gasteiger partial charge in [-0.25, -0.2) is 0 Å². The molecule has 0 aliphatic carbocycles. The van der Waals surface area contributed by atoms with Crippen LogP contribution in [0.3, 0.4) is 0 Å². The van der Waals surface area contributed by atoms with Gasteiger partial charge in [-0.15, -0.1) is 0 Å². The van der Waals surface area contributed by atoms with Crippen LogP contribution in [0.15, 0.2) is 0 Å². The lowest BCUT2D eigenvalue weighted by Crippen LogP contribution is -2.78. The molecule has 128 valence electrons. The molecule has 0 saturated heterocycles. The highest BCUT2D eigenvalue weighted by molar-refractivity contribution is 5.18. The van der Waals surface area contributed by atoms with Crippen molar-refractivity contribution >= 4 is 0 Å². The number of aliphatic hydroxyl groups is 9. The minimum atomic E-state index is -2.61. The molecule has 21 heavy (non-hydrogen) atoms. The summed E-state index contributed by atoms with van der Waals surface area (Å²) in [5.41, 5.74) is -10.3. The van der Waals surface area contributed by atoms with E-state index in [4.69, 9.17) is 0 Å². The number of aliphatic hydroxyl groups excluding tert-OH is 6. The van der Waals surface area contributed by atoms with Crippen LogP contribution in [0.1, 0.15) is 13.3 Å². The third kappa shape index (κ3) is 2.69. The van der Waals surface area contributed by atoms with Crippen LogP contribution in [0.5, 0.6) is 0 Å². The minimum Gasteiger partial charge on any atom is -0.393 e. The van der Waals surface area contributed by atoms with Crippen LogP contribution >= 0.6 is 0 Å². The van der Waals surface area contributed by atoms with Crippen LogP contribution in [0.4, 0.5) is 0 Å². The van der Waals surface area contributed by atoms with Gasteiger partial charge in [0, 0.05) is 0 Å². The second kappa shape index (κ2) is 7.27. The lowest BCUT2D eigenvalue weighted by atomic mass is 9.52. The molecule has 0 atom stereocenters. The highest BCUT2D eigenvalue weighted by atomic mass is 16.4. The summed E-state index contributed by atoms with van der Waals surface area (Å²) in [5, 5.41) is 87.8. The van der Waals surface area contributed by atoms with Gasteiger partial charge in [0.2, 0.25) is 0 Å². The molecule has 0 aromatic heterocycles. The Balaban J connectivity index is 6.60. The van der Waals surface area contributed by atoms with Crippen LogP contribution in [-0.4, -0.2) is 102 Å². The van der Waals surface area contributed by atoms with Crippen molar-refractivity contribution in [2.75, 3.05) is 39.6 Å². The van der Waals surface area contributed by atoms with E-state index in [0.29, 0.717) is 0 Å². The molecule has 0 bridgehead atoms. The quantitative estimate of drug-likeness (QED) is 0.192. The third-order valence-electron chi connectivity index (χ3n) is 4.48. The zero-order valence-corrected chi connectivity index (χ0v) is 12.0. The average Bonchev–Trinajstić information content (AvgIpc) is 2.54. The summed E-state index contributed by atoms with van der Waals surface area (Å²) < 4.78 is 0. The van der Waals surface area contributed by atoms with E-state index in [0.717, 1.165) is 0 Å². The van der Waals surface area contributed by atoms with Gasteiger partial charge in [0.15, 0.2) is 0 Å². The molecule has 0 spiro atoms. The van der Waals surface area contributed by atoms with Gasteiger partial charge in [-0.05, 0) is 6.42 Å². The second-order valence-electron chi connectivity index (χ2n) is 5.30. The number of hydrogen-bond donors (Lipinski definition) is 9. The van der Waals surface area contributed by atoms with E-state index in [2.05, 4.69) is 0 Å². The molecule has 9 heteroatoms. The molecule has 0 saturated carbocycles. The maximum absolute atomic E-state index is 10.5. The molecule has 0 rings (SSSR count). The lowest BCUT2D eigenvalue weighted by Gasteiger charge is -2.59. The van der Waals surface area contributed by atoms with Gasteiger partial charge in [-0.3, -0.25) is 0 Å². The minimum absolute atomic E-state index is 0.403. The first-order chi connectivity index (χ1) is 9.67. The van der Waals surface area contributed by atoms with Gasteiger partial charge in [-0.2, -0.15) is 0 Å². The highest BCUT2D eigenvalue weighted by Crippen LogP contribution is 2.52. The molecule has 0 radical (unpaired) electrons. The first kappa shape index (κ1) is 20.6. The van der Waals surface area contributed by atoms with E-state index in [1.807, 2.05) is 0 Å². The van der Waals surface area contributed by atoms with Gasteiger partial charge in [0.25, 0.3) is 0 Å². The van der Waals surface area contributed by atoms with E-state index in [-0.39, 0.29) is 0 Å². The molecule has 0 aromatic carbocycles. The van der Waals surface area contributed by atoms with E-state index in [1.165, 1.54) is 6.92 Å². The fourth-order valence-electron chi connectivity index (χ4n) is 3.25. The molecule has 9 nitrogen and oxygen atoms in total. The summed E-state index contributed by atoms with van der Waals surface area (Å²) in [7, 11) is 0. The van der Waals surface area contributed by atoms with Gasteiger partial charge in [-0.1, -0.05) is 6.92 Å². The van der Waals surface area contributed by atoms with Crippen molar-refractivity contribution in [3.63, 3.8) is 0 Å². The van der Waals surface area contributed by atoms with Gasteiger partial charge < -0.3 is 46.0 Å². The Morgan fingerprint density at radius 1 is 0.524 bits per heavy atom. The van der Waals surface area contributed by atoms with Crippen molar-refractivity contribution < 1.29 is 46.0 Å². The van der Waals surface area contributed by atoms with Crippen molar-refractivity contribution in [2.24, 2.45) is 5.41 Å². The van der Waals surface area contributed by atoms with Crippen molar-refractivity contribution in [3.05, 3.63) is 0 Å². The van der Waals surface area contributed by atoms with Gasteiger partial charge in [0.1, 0.15) is 16.8 Å². The summed E-state index contributed by atoms with van der Waals surface area (Å²) in [5.74, 6) is 0. The van der Waals surface area contributed by atoms with E-state index >= 15 is 0 Å². The Morgan fingerprint density at radius 3 is 0.810 bits per heavy atom. The molecule has 0 aliphatic rings. The van der Waals surface area contributed by atoms with Crippen LogP contribution in [0, 0.1) is 5.41 Å². The Labute approximate surface area is 122 Å². The summed E-state index contributed by atoms with van der Waals surface area (Å²) in [6, 6.07) is 0. The van der Waals surface area contributed by atoms with Gasteiger partial charge in [0.05, 0.1) is 45.1 Å². The first-order valence-corrected chi connectivity index (χ1v) is 6.50. The van der Waals surface area contributed by atoms with E-state index < -0.39 is 68.3 Å². The monoisotopic (exact) mass is 314 g/mol. The standard InChI is InChI=1S/C12H26O9/c1-2-12(9(19,3-13)4-14,10(20,5-15)6-16)11(21,7-17)8-18/h13-21H,2-8H2,1H3. The summed E-state index contributed by atoms with van der Waals surface area (Å²) in [6.07, 6.45) is -0.403. The van der Waals surface area contributed by atoms with Crippen LogP contribution in [-0.2, 0) is 0 Å². The maximum atomic E-state index is 10.5. The summed E-state index contributed by atoms with van der Waals surface area (Å²) in [4.78, 5) is 0. The lowest BCUT2D eigenvalue weighted by molar-refractivity contribution is -0.322. The zero-order chi connectivity index (χ0) is 16.9. The smallest absolute Gasteiger partial charge is 0.122 e. The Hall–Kier alpha value is -0.360. The Bertz CT molecular complexity index is 262. The SMILES string of the molecule is CCC(C(O)(CO)CO)(C(O)(CO)CO)C(O)(CO)CO. The zero-order valence-electron chi connectivity index (χ0n) is 12.0. The van der Waals surface area contributed by atoms with Crippen LogP contribution in [0.2, 0.25) is 0 Å². The molecule has 0 aromatic rings. The predicted octanol–water partition coefficient (Wildman–Crippen LogP) is -4.47. The molecule has 0 amide bonds. The fourth-order valence-corrected chi connectivity index (χ4v) is 3.25. The molecular formula is C12H26O9. The molecule has 9 N–H and O–H groups in total. The maximum Gasteiger partial charge on any atom is 0.122 e. The normalized spacial score (nSPS) is 14.6. The van der Waals surface area contributed by atoms with Crippen molar-refractivity contribution in [1.29, 1.82) is 0 Å². The van der Waals surface area contributed by atoms with Crippen molar-refractivity contribution in [3.8, 4) is 0 Å². The summed E-state index contributed by atoms with van der Waals surface area (Å²) in [6.45, 7) is -5.67. The highest BCUT2D eigenvalue weighted by Gasteiger charge is 2.70. The third-order valence-corrected chi connectivity index (χ3v) is 4.48. The molecule has 0 fully saturated rings. The summed E-state index contributed by atoms with van der Waals surface area (Å²) >= 11 is 0. The second-order valence-corrected chi connectivity index (χ2v) is 5.30. The number of rotatable bonds is 10. The Morgan fingerprint density at radius 2 is 0.714 bits per heavy atom. The fraction of sp³-hybridized carbons (Fsp3) is 1.00. The van der Waals surface area contributed by atoms with Crippen LogP contribution in [0.25, 0.3) is 0 Å². The number of hydrogen-bond acceptors (Lipinski definition) is 9. The average molecular weight is 314 g/mol. The van der Waals surface area contributed by atoms with Gasteiger partial charge >= 0.3 is 0 Å². The van der Waals surface area contributed by atoms with E-state index in [1.54, 1.807) is 0 Å². The molecular weight excluding hydrogens is 288 g/mol. The Kier molecular flexibility index (Phi) is 7.14. The predicted molar refractivity (Wildman–Crippen MR) is 70.1 cm³/mol.